The Morgan fingerprint density at radius 3 is 2.76 bits per heavy atom. The minimum atomic E-state index is -3.62. The van der Waals surface area contributed by atoms with Crippen LogP contribution < -0.4 is 14.8 Å². The molecule has 7 heteroatoms. The Hall–Kier alpha value is -1.44. The summed E-state index contributed by atoms with van der Waals surface area (Å²) in [6.07, 6.45) is -3.16. The second-order valence-electron chi connectivity index (χ2n) is 5.16. The fourth-order valence-corrected chi connectivity index (χ4v) is 2.90. The lowest BCUT2D eigenvalue weighted by Crippen LogP contribution is -2.45. The molecule has 0 aliphatic carbocycles. The van der Waals surface area contributed by atoms with Crippen molar-refractivity contribution in [2.75, 3.05) is 32.8 Å². The summed E-state index contributed by atoms with van der Waals surface area (Å²) in [7, 11) is 0. The van der Waals surface area contributed by atoms with Crippen molar-refractivity contribution in [2.45, 2.75) is 18.8 Å². The van der Waals surface area contributed by atoms with Gasteiger partial charge in [-0.1, -0.05) is 12.1 Å². The second kappa shape index (κ2) is 5.75. The number of nitrogens with zero attached hydrogens (tertiary/aromatic N) is 1. The maximum absolute atomic E-state index is 13.3. The molecule has 0 aromatic heterocycles. The van der Waals surface area contributed by atoms with Crippen molar-refractivity contribution in [2.24, 2.45) is 0 Å². The number of piperazine rings is 1. The monoisotopic (exact) mass is 300 g/mol. The molecule has 116 valence electrons. The van der Waals surface area contributed by atoms with Crippen molar-refractivity contribution in [3.63, 3.8) is 0 Å². The lowest BCUT2D eigenvalue weighted by atomic mass is 10.00. The normalized spacial score (nSPS) is 22.2. The zero-order chi connectivity index (χ0) is 14.9. The van der Waals surface area contributed by atoms with Crippen molar-refractivity contribution in [1.82, 2.24) is 10.2 Å². The summed E-state index contributed by atoms with van der Waals surface area (Å²) in [5.74, 6) is 0.134. The van der Waals surface area contributed by atoms with Crippen molar-refractivity contribution < 1.29 is 23.4 Å². The van der Waals surface area contributed by atoms with Gasteiger partial charge in [-0.05, 0) is 12.5 Å². The zero-order valence-corrected chi connectivity index (χ0v) is 11.5. The van der Waals surface area contributed by atoms with E-state index >= 15 is 0 Å². The summed E-state index contributed by atoms with van der Waals surface area (Å²) >= 11 is 0. The van der Waals surface area contributed by atoms with Crippen LogP contribution in [0.4, 0.5) is 8.78 Å². The Bertz CT molecular complexity index is 507. The molecule has 1 atom stereocenters. The smallest absolute Gasteiger partial charge is 0.396 e. The molecule has 0 spiro atoms. The molecular weight excluding hydrogens is 282 g/mol. The van der Waals surface area contributed by atoms with E-state index < -0.39 is 6.29 Å². The largest absolute Gasteiger partial charge is 0.586 e. The van der Waals surface area contributed by atoms with E-state index in [4.69, 9.17) is 0 Å². The Labute approximate surface area is 121 Å². The Morgan fingerprint density at radius 1 is 1.29 bits per heavy atom. The van der Waals surface area contributed by atoms with Crippen molar-refractivity contribution in [1.29, 1.82) is 0 Å². The Balaban J connectivity index is 1.92. The molecule has 2 heterocycles. The number of nitrogens with one attached hydrogen (secondary N) is 1. The molecule has 3 rings (SSSR count). The van der Waals surface area contributed by atoms with Gasteiger partial charge in [0.1, 0.15) is 0 Å². The lowest BCUT2D eigenvalue weighted by molar-refractivity contribution is -0.287. The van der Waals surface area contributed by atoms with E-state index in [1.807, 2.05) is 0 Å². The number of aliphatic hydroxyl groups is 1. The van der Waals surface area contributed by atoms with Crippen LogP contribution in [0.5, 0.6) is 11.5 Å². The second-order valence-corrected chi connectivity index (χ2v) is 5.16. The van der Waals surface area contributed by atoms with Crippen LogP contribution in [-0.2, 0) is 0 Å². The average Bonchev–Trinajstić information content (AvgIpc) is 2.79. The quantitative estimate of drug-likeness (QED) is 0.879. The molecule has 0 saturated carbocycles. The van der Waals surface area contributed by atoms with Gasteiger partial charge in [0, 0.05) is 44.4 Å². The van der Waals surface area contributed by atoms with Gasteiger partial charge in [-0.25, -0.2) is 0 Å². The summed E-state index contributed by atoms with van der Waals surface area (Å²) in [5.41, 5.74) is 0.639. The molecule has 21 heavy (non-hydrogen) atoms. The molecule has 1 saturated heterocycles. The Morgan fingerprint density at radius 2 is 2.05 bits per heavy atom. The molecule has 2 aliphatic heterocycles. The van der Waals surface area contributed by atoms with Crippen molar-refractivity contribution in [3.05, 3.63) is 23.8 Å². The third kappa shape index (κ3) is 2.95. The first-order chi connectivity index (χ1) is 10.1. The highest BCUT2D eigenvalue weighted by atomic mass is 19.3. The molecule has 0 bridgehead atoms. The maximum atomic E-state index is 13.3. The van der Waals surface area contributed by atoms with Gasteiger partial charge < -0.3 is 19.9 Å². The molecule has 0 radical (unpaired) electrons. The number of benzene rings is 1. The third-order valence-electron chi connectivity index (χ3n) is 3.81. The minimum absolute atomic E-state index is 0.0183. The van der Waals surface area contributed by atoms with Crippen LogP contribution in [0.3, 0.4) is 0 Å². The summed E-state index contributed by atoms with van der Waals surface area (Å²) in [5, 5.41) is 12.6. The molecule has 1 aromatic rings. The number of aliphatic hydroxyl groups excluding tert-OH is 1. The predicted molar refractivity (Wildman–Crippen MR) is 71.5 cm³/mol. The first kappa shape index (κ1) is 14.5. The molecular formula is C14H18F2N2O3. The average molecular weight is 300 g/mol. The maximum Gasteiger partial charge on any atom is 0.586 e. The number of hydrogen-bond donors (Lipinski definition) is 2. The van der Waals surface area contributed by atoms with Crippen molar-refractivity contribution >= 4 is 0 Å². The van der Waals surface area contributed by atoms with Crippen molar-refractivity contribution in [3.8, 4) is 11.5 Å². The highest BCUT2D eigenvalue weighted by molar-refractivity contribution is 5.50. The summed E-state index contributed by atoms with van der Waals surface area (Å²) in [4.78, 5) is 2.17. The van der Waals surface area contributed by atoms with Gasteiger partial charge in [0.15, 0.2) is 11.5 Å². The summed E-state index contributed by atoms with van der Waals surface area (Å²) in [6.45, 7) is 3.25. The van der Waals surface area contributed by atoms with E-state index in [1.54, 1.807) is 12.1 Å². The summed E-state index contributed by atoms with van der Waals surface area (Å²) in [6, 6.07) is 4.73. The molecule has 2 N–H and O–H groups in total. The van der Waals surface area contributed by atoms with Crippen LogP contribution in [0, 0.1) is 0 Å². The highest BCUT2D eigenvalue weighted by Gasteiger charge is 2.45. The number of fused-ring (bicyclic) bond motifs is 1. The van der Waals surface area contributed by atoms with Crippen LogP contribution in [-0.4, -0.2) is 49.1 Å². The van der Waals surface area contributed by atoms with Crippen LogP contribution in [0.2, 0.25) is 0 Å². The van der Waals surface area contributed by atoms with E-state index in [-0.39, 0.29) is 24.1 Å². The molecule has 1 aromatic carbocycles. The number of hydrogen-bond acceptors (Lipinski definition) is 5. The Kier molecular flexibility index (Phi) is 3.97. The van der Waals surface area contributed by atoms with Gasteiger partial charge in [0.05, 0.1) is 0 Å². The van der Waals surface area contributed by atoms with Gasteiger partial charge in [-0.2, -0.15) is 0 Å². The van der Waals surface area contributed by atoms with E-state index in [1.165, 1.54) is 6.07 Å². The van der Waals surface area contributed by atoms with Gasteiger partial charge in [-0.15, -0.1) is 8.78 Å². The first-order valence-corrected chi connectivity index (χ1v) is 7.05. The SMILES string of the molecule is OCC[C@H](c1cccc2c1OC(F)(F)O2)N1CCNCC1. The lowest BCUT2D eigenvalue weighted by Gasteiger charge is -2.35. The highest BCUT2D eigenvalue weighted by Crippen LogP contribution is 2.46. The third-order valence-corrected chi connectivity index (χ3v) is 3.81. The van der Waals surface area contributed by atoms with E-state index in [0.29, 0.717) is 12.0 Å². The minimum Gasteiger partial charge on any atom is -0.396 e. The van der Waals surface area contributed by atoms with Gasteiger partial charge in [0.2, 0.25) is 0 Å². The number of ether oxygens (including phenoxy) is 2. The van der Waals surface area contributed by atoms with Crippen LogP contribution in [0.25, 0.3) is 0 Å². The fraction of sp³-hybridized carbons (Fsp3) is 0.571. The van der Waals surface area contributed by atoms with Gasteiger partial charge >= 0.3 is 6.29 Å². The predicted octanol–water partition coefficient (Wildman–Crippen LogP) is 1.34. The first-order valence-electron chi connectivity index (χ1n) is 7.05. The molecule has 1 fully saturated rings. The van der Waals surface area contributed by atoms with Crippen LogP contribution in [0.15, 0.2) is 18.2 Å². The topological polar surface area (TPSA) is 54.0 Å². The number of para-hydroxylation sites is 1. The van der Waals surface area contributed by atoms with E-state index in [9.17, 15) is 13.9 Å². The van der Waals surface area contributed by atoms with E-state index in [2.05, 4.69) is 19.7 Å². The summed E-state index contributed by atoms with van der Waals surface area (Å²) < 4.78 is 35.7. The standard InChI is InChI=1S/C14H18F2N2O3/c15-14(16)20-12-3-1-2-10(13(12)21-14)11(4-9-19)18-7-5-17-6-8-18/h1-3,11,17,19H,4-9H2/t11-/m1/s1. The molecule has 2 aliphatic rings. The number of alkyl halides is 2. The van der Waals surface area contributed by atoms with Crippen LogP contribution in [0.1, 0.15) is 18.0 Å². The fourth-order valence-electron chi connectivity index (χ4n) is 2.90. The number of halogens is 2. The zero-order valence-electron chi connectivity index (χ0n) is 11.5. The number of rotatable bonds is 4. The molecule has 5 nitrogen and oxygen atoms in total. The molecule has 0 unspecified atom stereocenters. The van der Waals surface area contributed by atoms with Gasteiger partial charge in [0.25, 0.3) is 0 Å². The van der Waals surface area contributed by atoms with Crippen LogP contribution >= 0.6 is 0 Å². The van der Waals surface area contributed by atoms with E-state index in [0.717, 1.165) is 26.2 Å². The van der Waals surface area contributed by atoms with Gasteiger partial charge in [-0.3, -0.25) is 4.90 Å². The molecule has 0 amide bonds.